The van der Waals surface area contributed by atoms with Crippen molar-refractivity contribution in [2.75, 3.05) is 5.33 Å². The van der Waals surface area contributed by atoms with Crippen LogP contribution in [0.15, 0.2) is 24.5 Å². The van der Waals surface area contributed by atoms with Crippen molar-refractivity contribution in [2.24, 2.45) is 0 Å². The molecule has 0 aliphatic heterocycles. The van der Waals surface area contributed by atoms with Crippen molar-refractivity contribution in [3.8, 4) is 11.8 Å². The number of aromatic nitrogens is 2. The molecule has 0 spiro atoms. The first kappa shape index (κ1) is 8.33. The van der Waals surface area contributed by atoms with E-state index in [0.29, 0.717) is 5.33 Å². The molecule has 0 unspecified atom stereocenters. The number of aromatic amines is 1. The summed E-state index contributed by atoms with van der Waals surface area (Å²) in [6, 6.07) is 5.93. The minimum Gasteiger partial charge on any atom is -0.345 e. The zero-order valence-electron chi connectivity index (χ0n) is 6.84. The van der Waals surface area contributed by atoms with Gasteiger partial charge in [0.15, 0.2) is 0 Å². The Morgan fingerprint density at radius 1 is 1.46 bits per heavy atom. The molecule has 0 amide bonds. The van der Waals surface area contributed by atoms with Crippen LogP contribution in [-0.4, -0.2) is 15.3 Å². The van der Waals surface area contributed by atoms with Gasteiger partial charge >= 0.3 is 0 Å². The number of H-pyrrole nitrogens is 1. The number of hydrogen-bond acceptors (Lipinski definition) is 1. The lowest BCUT2D eigenvalue weighted by atomic mass is 10.2. The fourth-order valence-electron chi connectivity index (χ4n) is 1.15. The topological polar surface area (TPSA) is 28.7 Å². The third kappa shape index (κ3) is 1.73. The maximum atomic E-state index is 4.13. The van der Waals surface area contributed by atoms with Crippen LogP contribution in [0.4, 0.5) is 0 Å². The van der Waals surface area contributed by atoms with Crippen molar-refractivity contribution < 1.29 is 0 Å². The van der Waals surface area contributed by atoms with Crippen LogP contribution in [0.1, 0.15) is 5.56 Å². The van der Waals surface area contributed by atoms with Gasteiger partial charge in [-0.05, 0) is 18.2 Å². The summed E-state index contributed by atoms with van der Waals surface area (Å²) in [6.07, 6.45) is 1.69. The lowest BCUT2D eigenvalue weighted by Gasteiger charge is -1.89. The zero-order chi connectivity index (χ0) is 9.10. The maximum absolute atomic E-state index is 4.13. The summed E-state index contributed by atoms with van der Waals surface area (Å²) in [7, 11) is 0. The van der Waals surface area contributed by atoms with E-state index in [-0.39, 0.29) is 0 Å². The molecule has 0 saturated carbocycles. The maximum Gasteiger partial charge on any atom is 0.0931 e. The molecule has 2 aromatic rings. The quantitative estimate of drug-likeness (QED) is 0.550. The van der Waals surface area contributed by atoms with Crippen LogP contribution >= 0.6 is 15.9 Å². The molecule has 13 heavy (non-hydrogen) atoms. The molecular weight excluding hydrogens is 228 g/mol. The van der Waals surface area contributed by atoms with Crippen LogP contribution in [0, 0.1) is 11.8 Å². The van der Waals surface area contributed by atoms with Gasteiger partial charge in [0.25, 0.3) is 0 Å². The van der Waals surface area contributed by atoms with E-state index in [1.54, 1.807) is 6.33 Å². The van der Waals surface area contributed by atoms with E-state index in [4.69, 9.17) is 0 Å². The summed E-state index contributed by atoms with van der Waals surface area (Å²) in [5.41, 5.74) is 3.02. The first-order chi connectivity index (χ1) is 6.40. The minimum atomic E-state index is 0.702. The molecule has 0 atom stereocenters. The number of alkyl halides is 1. The van der Waals surface area contributed by atoms with Crippen molar-refractivity contribution in [3.05, 3.63) is 30.1 Å². The van der Waals surface area contributed by atoms with Crippen LogP contribution < -0.4 is 0 Å². The Morgan fingerprint density at radius 3 is 3.23 bits per heavy atom. The molecule has 1 aromatic carbocycles. The van der Waals surface area contributed by atoms with E-state index in [1.165, 1.54) is 0 Å². The highest BCUT2D eigenvalue weighted by atomic mass is 79.9. The number of benzene rings is 1. The number of halogens is 1. The normalized spacial score (nSPS) is 9.62. The van der Waals surface area contributed by atoms with Gasteiger partial charge < -0.3 is 4.98 Å². The number of imidazole rings is 1. The van der Waals surface area contributed by atoms with Gasteiger partial charge in [-0.25, -0.2) is 4.98 Å². The predicted molar refractivity (Wildman–Crippen MR) is 56.8 cm³/mol. The summed E-state index contributed by atoms with van der Waals surface area (Å²) in [6.45, 7) is 0. The average molecular weight is 235 g/mol. The molecule has 0 bridgehead atoms. The smallest absolute Gasteiger partial charge is 0.0931 e. The van der Waals surface area contributed by atoms with Gasteiger partial charge in [0.2, 0.25) is 0 Å². The molecule has 2 nitrogen and oxygen atoms in total. The SMILES string of the molecule is BrCC#Cc1ccc2nc[nH]c2c1. The molecule has 0 fully saturated rings. The summed E-state index contributed by atoms with van der Waals surface area (Å²) >= 11 is 3.26. The van der Waals surface area contributed by atoms with Crippen LogP contribution in [0.2, 0.25) is 0 Å². The number of rotatable bonds is 0. The Balaban J connectivity index is 2.48. The summed E-state index contributed by atoms with van der Waals surface area (Å²) in [4.78, 5) is 7.17. The Hall–Kier alpha value is -1.27. The van der Waals surface area contributed by atoms with Gasteiger partial charge in [0.05, 0.1) is 22.7 Å². The van der Waals surface area contributed by atoms with Gasteiger partial charge in [0, 0.05) is 5.56 Å². The molecule has 2 rings (SSSR count). The zero-order valence-corrected chi connectivity index (χ0v) is 8.43. The number of nitrogens with one attached hydrogen (secondary N) is 1. The Bertz CT molecular complexity index is 476. The second-order valence-electron chi connectivity index (χ2n) is 2.57. The molecule has 1 N–H and O–H groups in total. The van der Waals surface area contributed by atoms with E-state index in [1.807, 2.05) is 18.2 Å². The minimum absolute atomic E-state index is 0.702. The van der Waals surface area contributed by atoms with Gasteiger partial charge in [-0.1, -0.05) is 27.8 Å². The molecular formula is C10H7BrN2. The third-order valence-electron chi connectivity index (χ3n) is 1.72. The fraction of sp³-hybridized carbons (Fsp3) is 0.100. The van der Waals surface area contributed by atoms with Gasteiger partial charge in [0.1, 0.15) is 0 Å². The second kappa shape index (κ2) is 3.63. The monoisotopic (exact) mass is 234 g/mol. The molecule has 1 aromatic heterocycles. The standard InChI is InChI=1S/C10H7BrN2/c11-5-1-2-8-3-4-9-10(6-8)13-7-12-9/h3-4,6-7H,5H2,(H,12,13). The lowest BCUT2D eigenvalue weighted by Crippen LogP contribution is -1.75. The number of hydrogen-bond donors (Lipinski definition) is 1. The number of fused-ring (bicyclic) bond motifs is 1. The van der Waals surface area contributed by atoms with Gasteiger partial charge in [-0.15, -0.1) is 0 Å². The van der Waals surface area contributed by atoms with Gasteiger partial charge in [-0.3, -0.25) is 0 Å². The van der Waals surface area contributed by atoms with Crippen molar-refractivity contribution in [2.45, 2.75) is 0 Å². The van der Waals surface area contributed by atoms with Crippen LogP contribution in [-0.2, 0) is 0 Å². The molecule has 0 radical (unpaired) electrons. The van der Waals surface area contributed by atoms with Crippen molar-refractivity contribution >= 4 is 27.0 Å². The van der Waals surface area contributed by atoms with Crippen LogP contribution in [0.5, 0.6) is 0 Å². The molecule has 0 saturated heterocycles. The van der Waals surface area contributed by atoms with Crippen molar-refractivity contribution in [1.82, 2.24) is 9.97 Å². The molecule has 64 valence electrons. The van der Waals surface area contributed by atoms with E-state index >= 15 is 0 Å². The Morgan fingerprint density at radius 2 is 2.38 bits per heavy atom. The van der Waals surface area contributed by atoms with Crippen molar-refractivity contribution in [3.63, 3.8) is 0 Å². The van der Waals surface area contributed by atoms with Crippen LogP contribution in [0.3, 0.4) is 0 Å². The Kier molecular flexibility index (Phi) is 2.33. The highest BCUT2D eigenvalue weighted by Crippen LogP contribution is 2.10. The lowest BCUT2D eigenvalue weighted by molar-refractivity contribution is 1.34. The predicted octanol–water partition coefficient (Wildman–Crippen LogP) is 2.31. The largest absolute Gasteiger partial charge is 0.345 e. The van der Waals surface area contributed by atoms with Crippen LogP contribution in [0.25, 0.3) is 11.0 Å². The molecule has 1 heterocycles. The molecule has 0 aliphatic rings. The molecule has 0 aliphatic carbocycles. The summed E-state index contributed by atoms with van der Waals surface area (Å²) < 4.78 is 0. The average Bonchev–Trinajstić information content (AvgIpc) is 2.61. The Labute approximate surface area is 84.5 Å². The second-order valence-corrected chi connectivity index (χ2v) is 3.13. The highest BCUT2D eigenvalue weighted by Gasteiger charge is 1.94. The third-order valence-corrected chi connectivity index (χ3v) is 2.00. The first-order valence-corrected chi connectivity index (χ1v) is 5.00. The summed E-state index contributed by atoms with van der Waals surface area (Å²) in [5.74, 6) is 5.99. The van der Waals surface area contributed by atoms with Gasteiger partial charge in [-0.2, -0.15) is 0 Å². The number of nitrogens with zero attached hydrogens (tertiary/aromatic N) is 1. The molecule has 3 heteroatoms. The van der Waals surface area contributed by atoms with E-state index in [2.05, 4.69) is 37.7 Å². The first-order valence-electron chi connectivity index (χ1n) is 3.88. The highest BCUT2D eigenvalue weighted by molar-refractivity contribution is 9.09. The van der Waals surface area contributed by atoms with E-state index in [0.717, 1.165) is 16.6 Å². The van der Waals surface area contributed by atoms with E-state index < -0.39 is 0 Å². The summed E-state index contributed by atoms with van der Waals surface area (Å²) in [5, 5.41) is 0.702. The van der Waals surface area contributed by atoms with Crippen molar-refractivity contribution in [1.29, 1.82) is 0 Å². The fourth-order valence-corrected chi connectivity index (χ4v) is 1.29. The van der Waals surface area contributed by atoms with E-state index in [9.17, 15) is 0 Å².